The number of alkyl halides is 3. The smallest absolute Gasteiger partial charge is 0.437 e. The van der Waals surface area contributed by atoms with Crippen molar-refractivity contribution in [3.63, 3.8) is 0 Å². The second-order valence-corrected chi connectivity index (χ2v) is 7.89. The van der Waals surface area contributed by atoms with Gasteiger partial charge in [-0.2, -0.15) is 28.6 Å². The van der Waals surface area contributed by atoms with Crippen LogP contribution >= 0.6 is 23.2 Å². The lowest BCUT2D eigenvalue weighted by Gasteiger charge is -2.33. The summed E-state index contributed by atoms with van der Waals surface area (Å²) in [6, 6.07) is 5.06. The third-order valence-electron chi connectivity index (χ3n) is 4.73. The number of halogens is 5. The first-order valence-corrected chi connectivity index (χ1v) is 10.2. The van der Waals surface area contributed by atoms with E-state index in [9.17, 15) is 23.1 Å². The van der Waals surface area contributed by atoms with Crippen molar-refractivity contribution in [3.05, 3.63) is 39.6 Å². The van der Waals surface area contributed by atoms with E-state index in [-0.39, 0.29) is 19.2 Å². The van der Waals surface area contributed by atoms with Crippen LogP contribution in [0.1, 0.15) is 29.0 Å². The number of aromatic nitrogens is 3. The summed E-state index contributed by atoms with van der Waals surface area (Å²) in [6.07, 6.45) is -4.35. The third kappa shape index (κ3) is 6.45. The molecule has 3 N–H and O–H groups in total. The van der Waals surface area contributed by atoms with E-state index in [4.69, 9.17) is 27.9 Å². The number of amides is 1. The van der Waals surface area contributed by atoms with Crippen molar-refractivity contribution in [1.82, 2.24) is 25.6 Å². The monoisotopic (exact) mass is 481 g/mol. The highest BCUT2D eigenvalue weighted by Gasteiger charge is 2.39. The number of hydrogen-bond acceptors (Lipinski definition) is 6. The standard InChI is InChI=1S/C18H20Cl2F3N5O3/c19-13-2-1-12(7-14(13)20)31-11-3-5-28(6-4-11)9-10(29)8-24-17(30)15-16(18(21,22)23)26-27-25-15/h1-2,7,10-11,29H,3-6,8-9H2,(H,24,30)(H,25,26,27)/t10-/m1/s1. The Morgan fingerprint density at radius 2 is 2.00 bits per heavy atom. The van der Waals surface area contributed by atoms with Crippen molar-refractivity contribution >= 4 is 29.1 Å². The van der Waals surface area contributed by atoms with Crippen LogP contribution in [0.15, 0.2) is 18.2 Å². The van der Waals surface area contributed by atoms with Crippen LogP contribution in [-0.4, -0.2) is 69.7 Å². The lowest BCUT2D eigenvalue weighted by molar-refractivity contribution is -0.141. The predicted octanol–water partition coefficient (Wildman–Crippen LogP) is 2.76. The van der Waals surface area contributed by atoms with Crippen LogP contribution in [0.25, 0.3) is 0 Å². The molecule has 0 bridgehead atoms. The second-order valence-electron chi connectivity index (χ2n) is 7.08. The number of aromatic amines is 1. The number of nitrogens with zero attached hydrogens (tertiary/aromatic N) is 3. The van der Waals surface area contributed by atoms with Gasteiger partial charge in [0.05, 0.1) is 16.1 Å². The number of ether oxygens (including phenoxy) is 1. The molecule has 1 fully saturated rings. The Balaban J connectivity index is 1.41. The molecule has 1 atom stereocenters. The summed E-state index contributed by atoms with van der Waals surface area (Å²) in [5, 5.41) is 21.3. The molecule has 1 amide bonds. The van der Waals surface area contributed by atoms with E-state index in [1.807, 2.05) is 4.90 Å². The van der Waals surface area contributed by atoms with Crippen LogP contribution in [0.5, 0.6) is 5.75 Å². The van der Waals surface area contributed by atoms with Crippen molar-refractivity contribution < 1.29 is 27.8 Å². The summed E-state index contributed by atoms with van der Waals surface area (Å²) in [5.74, 6) is -0.435. The maximum Gasteiger partial charge on any atom is 0.437 e. The number of carbonyl (C=O) groups excluding carboxylic acids is 1. The number of likely N-dealkylation sites (tertiary alicyclic amines) is 1. The van der Waals surface area contributed by atoms with Crippen LogP contribution in [0, 0.1) is 0 Å². The van der Waals surface area contributed by atoms with Gasteiger partial charge in [0.2, 0.25) is 0 Å². The third-order valence-corrected chi connectivity index (χ3v) is 5.47. The number of aliphatic hydroxyl groups excluding tert-OH is 1. The van der Waals surface area contributed by atoms with E-state index >= 15 is 0 Å². The van der Waals surface area contributed by atoms with E-state index in [2.05, 4.69) is 15.5 Å². The first kappa shape index (κ1) is 23.6. The number of rotatable bonds is 7. The molecule has 0 saturated carbocycles. The fourth-order valence-electron chi connectivity index (χ4n) is 3.20. The highest BCUT2D eigenvalue weighted by atomic mass is 35.5. The fraction of sp³-hybridized carbons (Fsp3) is 0.500. The van der Waals surface area contributed by atoms with E-state index in [1.54, 1.807) is 23.4 Å². The van der Waals surface area contributed by atoms with Crippen molar-refractivity contribution in [2.45, 2.75) is 31.2 Å². The zero-order valence-electron chi connectivity index (χ0n) is 16.1. The summed E-state index contributed by atoms with van der Waals surface area (Å²) in [7, 11) is 0. The van der Waals surface area contributed by atoms with Gasteiger partial charge in [0.1, 0.15) is 11.9 Å². The molecule has 3 rings (SSSR count). The Morgan fingerprint density at radius 1 is 1.29 bits per heavy atom. The number of β-amino-alcohol motifs (C(OH)–C–C–N with tert-alkyl or cyclic N) is 1. The lowest BCUT2D eigenvalue weighted by atomic mass is 10.1. The molecule has 0 unspecified atom stereocenters. The van der Waals surface area contributed by atoms with Gasteiger partial charge in [0.25, 0.3) is 5.91 Å². The molecule has 0 radical (unpaired) electrons. The van der Waals surface area contributed by atoms with Gasteiger partial charge in [-0.25, -0.2) is 0 Å². The average Bonchev–Trinajstić information content (AvgIpc) is 3.21. The zero-order valence-corrected chi connectivity index (χ0v) is 17.6. The van der Waals surface area contributed by atoms with Crippen molar-refractivity contribution in [2.24, 2.45) is 0 Å². The first-order chi connectivity index (χ1) is 14.6. The van der Waals surface area contributed by atoms with E-state index < -0.39 is 29.6 Å². The number of aliphatic hydroxyl groups is 1. The molecule has 2 aromatic rings. The largest absolute Gasteiger partial charge is 0.490 e. The molecule has 1 aromatic carbocycles. The quantitative estimate of drug-likeness (QED) is 0.561. The maximum absolute atomic E-state index is 12.8. The Kier molecular flexibility index (Phi) is 7.63. The minimum absolute atomic E-state index is 0.0155. The molecule has 1 aliphatic rings. The number of hydrogen-bond donors (Lipinski definition) is 3. The van der Waals surface area contributed by atoms with Gasteiger partial charge in [0, 0.05) is 32.2 Å². The van der Waals surface area contributed by atoms with Crippen LogP contribution in [0.4, 0.5) is 13.2 Å². The molecule has 31 heavy (non-hydrogen) atoms. The molecular formula is C18H20Cl2F3N5O3. The second kappa shape index (κ2) is 10.0. The number of carbonyl (C=O) groups is 1. The van der Waals surface area contributed by atoms with Gasteiger partial charge >= 0.3 is 6.18 Å². The molecule has 8 nitrogen and oxygen atoms in total. The van der Waals surface area contributed by atoms with Gasteiger partial charge in [-0.1, -0.05) is 23.2 Å². The lowest BCUT2D eigenvalue weighted by Crippen LogP contribution is -2.45. The summed E-state index contributed by atoms with van der Waals surface area (Å²) in [6.45, 7) is 1.34. The minimum atomic E-state index is -4.80. The highest BCUT2D eigenvalue weighted by Crippen LogP contribution is 2.29. The molecule has 0 aliphatic carbocycles. The molecule has 1 aromatic heterocycles. The normalized spacial score (nSPS) is 16.8. The number of H-pyrrole nitrogens is 1. The Morgan fingerprint density at radius 3 is 2.65 bits per heavy atom. The molecular weight excluding hydrogens is 462 g/mol. The van der Waals surface area contributed by atoms with Gasteiger partial charge < -0.3 is 20.1 Å². The van der Waals surface area contributed by atoms with E-state index in [0.29, 0.717) is 41.7 Å². The number of benzene rings is 1. The van der Waals surface area contributed by atoms with Gasteiger partial charge in [0.15, 0.2) is 11.4 Å². The predicted molar refractivity (Wildman–Crippen MR) is 106 cm³/mol. The minimum Gasteiger partial charge on any atom is -0.490 e. The Bertz CT molecular complexity index is 904. The molecule has 2 heterocycles. The van der Waals surface area contributed by atoms with Gasteiger partial charge in [-0.3, -0.25) is 4.79 Å². The molecule has 1 saturated heterocycles. The molecule has 1 aliphatic heterocycles. The van der Waals surface area contributed by atoms with Gasteiger partial charge in [-0.05, 0) is 25.0 Å². The molecule has 13 heteroatoms. The topological polar surface area (TPSA) is 103 Å². The van der Waals surface area contributed by atoms with E-state index in [0.717, 1.165) is 0 Å². The van der Waals surface area contributed by atoms with Crippen molar-refractivity contribution in [1.29, 1.82) is 0 Å². The van der Waals surface area contributed by atoms with Crippen molar-refractivity contribution in [3.8, 4) is 5.75 Å². The van der Waals surface area contributed by atoms with Gasteiger partial charge in [-0.15, -0.1) is 0 Å². The highest BCUT2D eigenvalue weighted by molar-refractivity contribution is 6.42. The summed E-state index contributed by atoms with van der Waals surface area (Å²) in [5.41, 5.74) is -2.26. The summed E-state index contributed by atoms with van der Waals surface area (Å²) >= 11 is 11.9. The Hall–Kier alpha value is -2.08. The maximum atomic E-state index is 12.8. The fourth-order valence-corrected chi connectivity index (χ4v) is 3.48. The zero-order chi connectivity index (χ0) is 22.6. The van der Waals surface area contributed by atoms with Crippen LogP contribution in [-0.2, 0) is 6.18 Å². The van der Waals surface area contributed by atoms with Crippen LogP contribution in [0.3, 0.4) is 0 Å². The Labute approximate surface area is 185 Å². The number of nitrogens with one attached hydrogen (secondary N) is 2. The first-order valence-electron chi connectivity index (χ1n) is 9.41. The van der Waals surface area contributed by atoms with Crippen LogP contribution in [0.2, 0.25) is 10.0 Å². The number of piperidine rings is 1. The molecule has 0 spiro atoms. The molecule has 170 valence electrons. The van der Waals surface area contributed by atoms with E-state index in [1.165, 1.54) is 0 Å². The summed E-state index contributed by atoms with van der Waals surface area (Å²) < 4.78 is 44.2. The summed E-state index contributed by atoms with van der Waals surface area (Å²) in [4.78, 5) is 13.9. The van der Waals surface area contributed by atoms with Crippen LogP contribution < -0.4 is 10.1 Å². The SMILES string of the molecule is O=C(NC[C@@H](O)CN1CCC(Oc2ccc(Cl)c(Cl)c2)CC1)c1n[nH]nc1C(F)(F)F. The van der Waals surface area contributed by atoms with Crippen molar-refractivity contribution in [2.75, 3.05) is 26.2 Å². The average molecular weight is 482 g/mol.